The zero-order chi connectivity index (χ0) is 20.9. The summed E-state index contributed by atoms with van der Waals surface area (Å²) in [5.41, 5.74) is -0.898. The molecular weight excluding hydrogens is 257 g/mol. The zero-order valence-corrected chi connectivity index (χ0v) is 11.9. The van der Waals surface area contributed by atoms with Crippen molar-refractivity contribution in [2.45, 2.75) is 38.9 Å². The molecule has 110 valence electrons. The Morgan fingerprint density at radius 3 is 2.60 bits per heavy atom. The van der Waals surface area contributed by atoms with E-state index in [1.165, 1.54) is 12.1 Å². The maximum atomic E-state index is 7.74. The minimum absolute atomic E-state index is 0.273. The number of hydrogen-bond acceptors (Lipinski definition) is 5. The number of hydrogen-bond donors (Lipinski definition) is 0. The van der Waals surface area contributed by atoms with Crippen molar-refractivity contribution in [3.05, 3.63) is 18.2 Å². The largest absolute Gasteiger partial charge is 0.514 e. The number of nitrogens with zero attached hydrogens (tertiary/aromatic N) is 1. The highest BCUT2D eigenvalue weighted by Crippen LogP contribution is 2.36. The summed E-state index contributed by atoms with van der Waals surface area (Å²) in [7, 11) is -3.96. The molecule has 0 aliphatic carbocycles. The fraction of sp³-hybridized carbons (Fsp3) is 0.643. The standard InChI is InChI=1S/C14H22BNO4/c1-13(2)14(3,4)20-15(19-13)11-7-6-8-12(16-11)18-10-9-17-5/h6-8H,9-10H2,1-5H3/i5D3,9D2,10D2. The van der Waals surface area contributed by atoms with Crippen molar-refractivity contribution in [2.24, 2.45) is 0 Å². The van der Waals surface area contributed by atoms with Gasteiger partial charge in [0.1, 0.15) is 6.56 Å². The van der Waals surface area contributed by atoms with E-state index in [1.54, 1.807) is 6.07 Å². The lowest BCUT2D eigenvalue weighted by Crippen LogP contribution is -2.41. The first kappa shape index (κ1) is 8.36. The Bertz CT molecular complexity index is 680. The first-order chi connectivity index (χ1) is 12.0. The molecule has 1 aromatic heterocycles. The lowest BCUT2D eigenvalue weighted by molar-refractivity contribution is 0.00578. The van der Waals surface area contributed by atoms with Crippen molar-refractivity contribution in [3.63, 3.8) is 0 Å². The molecule has 6 heteroatoms. The summed E-state index contributed by atoms with van der Waals surface area (Å²) in [4.78, 5) is 4.11. The summed E-state index contributed by atoms with van der Waals surface area (Å²) in [6, 6.07) is 4.41. The normalized spacial score (nSPS) is 27.4. The molecule has 0 amide bonds. The van der Waals surface area contributed by atoms with E-state index < -0.39 is 38.5 Å². The first-order valence-corrected chi connectivity index (χ1v) is 6.18. The lowest BCUT2D eigenvalue weighted by atomic mass is 9.84. The summed E-state index contributed by atoms with van der Waals surface area (Å²) in [6.45, 7) is 1.10. The maximum Gasteiger partial charge on any atom is 0.514 e. The molecule has 1 saturated heterocycles. The van der Waals surface area contributed by atoms with Crippen molar-refractivity contribution < 1.29 is 28.4 Å². The molecule has 1 fully saturated rings. The minimum Gasteiger partial charge on any atom is -0.475 e. The molecule has 0 spiro atoms. The molecule has 0 saturated carbocycles. The van der Waals surface area contributed by atoms with E-state index in [9.17, 15) is 0 Å². The van der Waals surface area contributed by atoms with Gasteiger partial charge in [-0.3, -0.25) is 0 Å². The van der Waals surface area contributed by atoms with Gasteiger partial charge in [0, 0.05) is 13.1 Å². The Morgan fingerprint density at radius 1 is 1.25 bits per heavy atom. The highest BCUT2D eigenvalue weighted by Gasteiger charge is 2.52. The second kappa shape index (κ2) is 5.72. The van der Waals surface area contributed by atoms with Crippen LogP contribution in [0.3, 0.4) is 0 Å². The average Bonchev–Trinajstić information content (AvgIpc) is 2.64. The molecule has 1 aromatic rings. The topological polar surface area (TPSA) is 49.8 Å². The van der Waals surface area contributed by atoms with Gasteiger partial charge < -0.3 is 18.8 Å². The van der Waals surface area contributed by atoms with Crippen LogP contribution in [0.15, 0.2) is 18.2 Å². The first-order valence-electron chi connectivity index (χ1n) is 9.68. The third-order valence-electron chi connectivity index (χ3n) is 3.49. The molecule has 2 rings (SSSR count). The Labute approximate surface area is 130 Å². The van der Waals surface area contributed by atoms with E-state index in [0.717, 1.165) is 0 Å². The number of pyridine rings is 1. The van der Waals surface area contributed by atoms with Crippen LogP contribution in [-0.2, 0) is 14.0 Å². The number of aromatic nitrogens is 1. The third kappa shape index (κ3) is 3.14. The van der Waals surface area contributed by atoms with Crippen LogP contribution in [0, 0.1) is 0 Å². The summed E-state index contributed by atoms with van der Waals surface area (Å²) in [5.74, 6) is -0.273. The second-order valence-corrected chi connectivity index (χ2v) is 5.40. The van der Waals surface area contributed by atoms with Crippen molar-refractivity contribution >= 4 is 12.7 Å². The summed E-state index contributed by atoms with van der Waals surface area (Å²) in [6.07, 6.45) is 0. The molecule has 5 nitrogen and oxygen atoms in total. The maximum absolute atomic E-state index is 7.74. The molecule has 0 bridgehead atoms. The minimum atomic E-state index is -3.25. The molecule has 1 aliphatic rings. The molecule has 0 N–H and O–H groups in total. The van der Waals surface area contributed by atoms with Crippen LogP contribution in [0.4, 0.5) is 0 Å². The van der Waals surface area contributed by atoms with Crippen LogP contribution < -0.4 is 10.3 Å². The molecule has 2 heterocycles. The second-order valence-electron chi connectivity index (χ2n) is 5.40. The average molecular weight is 286 g/mol. The van der Waals surface area contributed by atoms with Crippen molar-refractivity contribution in [1.82, 2.24) is 4.98 Å². The van der Waals surface area contributed by atoms with Gasteiger partial charge in [-0.05, 0) is 33.8 Å². The van der Waals surface area contributed by atoms with E-state index in [-0.39, 0.29) is 5.88 Å². The summed E-state index contributed by atoms with van der Waals surface area (Å²) >= 11 is 0. The number of rotatable bonds is 5. The quantitative estimate of drug-likeness (QED) is 0.766. The molecule has 1 aliphatic heterocycles. The van der Waals surface area contributed by atoms with Crippen LogP contribution in [0.1, 0.15) is 37.3 Å². The van der Waals surface area contributed by atoms with Crippen molar-refractivity contribution in [3.8, 4) is 5.88 Å². The fourth-order valence-electron chi connectivity index (χ4n) is 1.68. The number of ether oxygens (including phenoxy) is 2. The van der Waals surface area contributed by atoms with E-state index in [2.05, 4.69) is 9.72 Å². The monoisotopic (exact) mass is 286 g/mol. The van der Waals surface area contributed by atoms with E-state index in [0.29, 0.717) is 5.59 Å². The van der Waals surface area contributed by atoms with Gasteiger partial charge in [0.05, 0.1) is 32.9 Å². The summed E-state index contributed by atoms with van der Waals surface area (Å²) in [5, 5.41) is 0. The third-order valence-corrected chi connectivity index (χ3v) is 3.49. The Balaban J connectivity index is 2.21. The predicted octanol–water partition coefficient (Wildman–Crippen LogP) is 1.41. The van der Waals surface area contributed by atoms with Crippen LogP contribution >= 0.6 is 0 Å². The van der Waals surface area contributed by atoms with E-state index in [4.69, 9.17) is 23.6 Å². The van der Waals surface area contributed by atoms with E-state index in [1.807, 2.05) is 27.7 Å². The molecule has 0 unspecified atom stereocenters. The SMILES string of the molecule is [2H]C([2H])([2H])OC([2H])([2H])C([2H])([2H])Oc1cccc(B2OC(C)(C)C(C)(C)O2)n1. The van der Waals surface area contributed by atoms with Crippen LogP contribution in [0.25, 0.3) is 0 Å². The van der Waals surface area contributed by atoms with Crippen molar-refractivity contribution in [1.29, 1.82) is 0 Å². The van der Waals surface area contributed by atoms with Gasteiger partial charge in [0.15, 0.2) is 0 Å². The molecular formula is C14H22BNO4. The fourth-order valence-corrected chi connectivity index (χ4v) is 1.68. The van der Waals surface area contributed by atoms with Gasteiger partial charge in [-0.15, -0.1) is 0 Å². The van der Waals surface area contributed by atoms with Gasteiger partial charge >= 0.3 is 7.12 Å². The lowest BCUT2D eigenvalue weighted by Gasteiger charge is -2.32. The Kier molecular flexibility index (Phi) is 2.39. The highest BCUT2D eigenvalue weighted by atomic mass is 16.7. The molecule has 0 aromatic carbocycles. The number of methoxy groups -OCH3 is 1. The van der Waals surface area contributed by atoms with Crippen LogP contribution in [0.2, 0.25) is 0 Å². The molecule has 20 heavy (non-hydrogen) atoms. The zero-order valence-electron chi connectivity index (χ0n) is 18.9. The molecule has 0 radical (unpaired) electrons. The Hall–Kier alpha value is -1.11. The van der Waals surface area contributed by atoms with Crippen LogP contribution in [-0.4, -0.2) is 43.5 Å². The van der Waals surface area contributed by atoms with Gasteiger partial charge in [-0.1, -0.05) is 6.07 Å². The summed E-state index contributed by atoms with van der Waals surface area (Å²) < 4.78 is 72.4. The van der Waals surface area contributed by atoms with Gasteiger partial charge in [0.25, 0.3) is 0 Å². The smallest absolute Gasteiger partial charge is 0.475 e. The van der Waals surface area contributed by atoms with Crippen LogP contribution in [0.5, 0.6) is 5.88 Å². The Morgan fingerprint density at radius 2 is 1.95 bits per heavy atom. The van der Waals surface area contributed by atoms with Gasteiger partial charge in [-0.25, -0.2) is 4.98 Å². The highest BCUT2D eigenvalue weighted by molar-refractivity contribution is 6.61. The van der Waals surface area contributed by atoms with Crippen molar-refractivity contribution in [2.75, 3.05) is 20.2 Å². The predicted molar refractivity (Wildman–Crippen MR) is 77.3 cm³/mol. The van der Waals surface area contributed by atoms with E-state index >= 15 is 0 Å². The molecule has 0 atom stereocenters. The van der Waals surface area contributed by atoms with Gasteiger partial charge in [0.2, 0.25) is 5.88 Å². The van der Waals surface area contributed by atoms with Gasteiger partial charge in [-0.2, -0.15) is 0 Å².